The Morgan fingerprint density at radius 1 is 1.33 bits per heavy atom. The van der Waals surface area contributed by atoms with Crippen molar-refractivity contribution >= 4 is 0 Å². The summed E-state index contributed by atoms with van der Waals surface area (Å²) < 4.78 is 2.04. The lowest BCUT2D eigenvalue weighted by Crippen LogP contribution is -2.33. The second-order valence-electron chi connectivity index (χ2n) is 6.46. The van der Waals surface area contributed by atoms with Crippen LogP contribution in [0.5, 0.6) is 0 Å². The minimum absolute atomic E-state index is 0.309. The van der Waals surface area contributed by atoms with Crippen molar-refractivity contribution in [2.45, 2.75) is 54.0 Å². The van der Waals surface area contributed by atoms with E-state index in [1.54, 1.807) is 0 Å². The molecule has 1 rings (SSSR count). The fourth-order valence-electron chi connectivity index (χ4n) is 2.03. The van der Waals surface area contributed by atoms with Crippen LogP contribution in [0.1, 0.15) is 53.3 Å². The molecule has 0 spiro atoms. The summed E-state index contributed by atoms with van der Waals surface area (Å²) in [7, 11) is 0. The van der Waals surface area contributed by atoms with E-state index in [4.69, 9.17) is 0 Å². The maximum absolute atomic E-state index is 4.66. The van der Waals surface area contributed by atoms with Crippen LogP contribution in [0.4, 0.5) is 0 Å². The molecule has 1 atom stereocenters. The lowest BCUT2D eigenvalue weighted by Gasteiger charge is -2.30. The van der Waals surface area contributed by atoms with Gasteiger partial charge in [0.25, 0.3) is 0 Å². The molecule has 0 amide bonds. The second-order valence-corrected chi connectivity index (χ2v) is 6.46. The van der Waals surface area contributed by atoms with E-state index < -0.39 is 0 Å². The molecule has 0 saturated heterocycles. The first-order chi connectivity index (χ1) is 8.34. The monoisotopic (exact) mass is 251 g/mol. The Morgan fingerprint density at radius 3 is 2.44 bits per heavy atom. The average Bonchev–Trinajstić information content (AvgIpc) is 2.71. The van der Waals surface area contributed by atoms with Crippen molar-refractivity contribution in [2.24, 2.45) is 11.3 Å². The van der Waals surface area contributed by atoms with E-state index in [-0.39, 0.29) is 0 Å². The third kappa shape index (κ3) is 4.45. The van der Waals surface area contributed by atoms with Crippen molar-refractivity contribution < 1.29 is 0 Å². The van der Waals surface area contributed by atoms with Crippen LogP contribution in [-0.2, 0) is 6.42 Å². The van der Waals surface area contributed by atoms with Crippen molar-refractivity contribution in [1.82, 2.24) is 15.1 Å². The molecule has 18 heavy (non-hydrogen) atoms. The molecule has 1 aromatic heterocycles. The van der Waals surface area contributed by atoms with Gasteiger partial charge in [0, 0.05) is 12.2 Å². The normalized spacial score (nSPS) is 14.2. The van der Waals surface area contributed by atoms with E-state index in [1.807, 2.05) is 4.68 Å². The predicted molar refractivity (Wildman–Crippen MR) is 77.8 cm³/mol. The quantitative estimate of drug-likeness (QED) is 0.841. The first-order valence-corrected chi connectivity index (χ1v) is 7.09. The van der Waals surface area contributed by atoms with Crippen molar-refractivity contribution in [3.8, 4) is 0 Å². The van der Waals surface area contributed by atoms with Gasteiger partial charge in [-0.3, -0.25) is 4.68 Å². The number of hydrogen-bond donors (Lipinski definition) is 1. The van der Waals surface area contributed by atoms with Gasteiger partial charge in [0.05, 0.1) is 5.69 Å². The molecule has 0 aromatic carbocycles. The molecule has 1 N–H and O–H groups in total. The largest absolute Gasteiger partial charge is 0.317 e. The molecule has 0 aliphatic rings. The molecule has 0 aliphatic carbocycles. The predicted octanol–water partition coefficient (Wildman–Crippen LogP) is 3.28. The third-order valence-corrected chi connectivity index (χ3v) is 3.51. The highest BCUT2D eigenvalue weighted by atomic mass is 15.3. The van der Waals surface area contributed by atoms with Crippen molar-refractivity contribution in [3.63, 3.8) is 0 Å². The molecule has 1 unspecified atom stereocenters. The van der Waals surface area contributed by atoms with Crippen LogP contribution in [0.25, 0.3) is 0 Å². The Bertz CT molecular complexity index is 347. The molecule has 0 radical (unpaired) electrons. The van der Waals surface area contributed by atoms with Gasteiger partial charge in [-0.1, -0.05) is 27.7 Å². The summed E-state index contributed by atoms with van der Waals surface area (Å²) in [6, 6.07) is 2.60. The van der Waals surface area contributed by atoms with Crippen LogP contribution >= 0.6 is 0 Å². The van der Waals surface area contributed by atoms with Crippen LogP contribution in [0.3, 0.4) is 0 Å². The molecule has 0 aliphatic heterocycles. The minimum atomic E-state index is 0.309. The highest BCUT2D eigenvalue weighted by Gasteiger charge is 2.25. The maximum Gasteiger partial charge on any atom is 0.0628 e. The van der Waals surface area contributed by atoms with E-state index in [2.05, 4.69) is 64.2 Å². The summed E-state index contributed by atoms with van der Waals surface area (Å²) in [6.45, 7) is 15.5. The first kappa shape index (κ1) is 15.2. The Balaban J connectivity index is 2.69. The molecule has 3 nitrogen and oxygen atoms in total. The molecule has 0 fully saturated rings. The van der Waals surface area contributed by atoms with Gasteiger partial charge >= 0.3 is 0 Å². The second kappa shape index (κ2) is 6.37. The molecule has 0 bridgehead atoms. The Labute approximate surface area is 112 Å². The SMILES string of the molecule is CCNCC(Cc1ccn(C(C)C)n1)C(C)(C)C. The van der Waals surface area contributed by atoms with Crippen LogP contribution in [0.2, 0.25) is 0 Å². The summed E-state index contributed by atoms with van der Waals surface area (Å²) in [5.74, 6) is 0.618. The summed E-state index contributed by atoms with van der Waals surface area (Å²) >= 11 is 0. The summed E-state index contributed by atoms with van der Waals surface area (Å²) in [6.07, 6.45) is 3.14. The average molecular weight is 251 g/mol. The summed E-state index contributed by atoms with van der Waals surface area (Å²) in [5.41, 5.74) is 1.52. The van der Waals surface area contributed by atoms with Crippen molar-refractivity contribution in [2.75, 3.05) is 13.1 Å². The van der Waals surface area contributed by atoms with Gasteiger partial charge < -0.3 is 5.32 Å². The van der Waals surface area contributed by atoms with Crippen molar-refractivity contribution in [1.29, 1.82) is 0 Å². The highest BCUT2D eigenvalue weighted by molar-refractivity contribution is 5.02. The molecule has 0 saturated carbocycles. The van der Waals surface area contributed by atoms with E-state index in [1.165, 1.54) is 5.69 Å². The zero-order chi connectivity index (χ0) is 13.8. The van der Waals surface area contributed by atoms with Gasteiger partial charge in [-0.05, 0) is 50.8 Å². The minimum Gasteiger partial charge on any atom is -0.317 e. The van der Waals surface area contributed by atoms with Crippen LogP contribution in [0, 0.1) is 11.3 Å². The summed E-state index contributed by atoms with van der Waals surface area (Å²) in [5, 5.41) is 8.13. The van der Waals surface area contributed by atoms with Gasteiger partial charge in [-0.2, -0.15) is 5.10 Å². The number of nitrogens with one attached hydrogen (secondary N) is 1. The van der Waals surface area contributed by atoms with Crippen LogP contribution < -0.4 is 5.32 Å². The highest BCUT2D eigenvalue weighted by Crippen LogP contribution is 2.28. The number of hydrogen-bond acceptors (Lipinski definition) is 2. The fourth-order valence-corrected chi connectivity index (χ4v) is 2.03. The Hall–Kier alpha value is -0.830. The zero-order valence-corrected chi connectivity index (χ0v) is 12.8. The fraction of sp³-hybridized carbons (Fsp3) is 0.800. The van der Waals surface area contributed by atoms with E-state index in [0.717, 1.165) is 19.5 Å². The maximum atomic E-state index is 4.66. The van der Waals surface area contributed by atoms with Gasteiger partial charge in [0.2, 0.25) is 0 Å². The van der Waals surface area contributed by atoms with Crippen LogP contribution in [-0.4, -0.2) is 22.9 Å². The number of aromatic nitrogens is 2. The first-order valence-electron chi connectivity index (χ1n) is 7.09. The molecular weight excluding hydrogens is 222 g/mol. The van der Waals surface area contributed by atoms with E-state index >= 15 is 0 Å². The Morgan fingerprint density at radius 2 is 2.00 bits per heavy atom. The number of nitrogens with zero attached hydrogens (tertiary/aromatic N) is 2. The number of rotatable bonds is 6. The molecular formula is C15H29N3. The lowest BCUT2D eigenvalue weighted by atomic mass is 9.78. The molecule has 1 heterocycles. The van der Waals surface area contributed by atoms with Gasteiger partial charge in [0.15, 0.2) is 0 Å². The lowest BCUT2D eigenvalue weighted by molar-refractivity contribution is 0.230. The van der Waals surface area contributed by atoms with E-state index in [9.17, 15) is 0 Å². The zero-order valence-electron chi connectivity index (χ0n) is 12.8. The van der Waals surface area contributed by atoms with Crippen LogP contribution in [0.15, 0.2) is 12.3 Å². The standard InChI is InChI=1S/C15H29N3/c1-7-16-11-13(15(4,5)6)10-14-8-9-18(17-14)12(2)3/h8-9,12-13,16H,7,10-11H2,1-6H3. The summed E-state index contributed by atoms with van der Waals surface area (Å²) in [4.78, 5) is 0. The third-order valence-electron chi connectivity index (χ3n) is 3.51. The molecule has 1 aromatic rings. The van der Waals surface area contributed by atoms with Gasteiger partial charge in [-0.25, -0.2) is 0 Å². The van der Waals surface area contributed by atoms with Gasteiger partial charge in [0.1, 0.15) is 0 Å². The van der Waals surface area contributed by atoms with Gasteiger partial charge in [-0.15, -0.1) is 0 Å². The topological polar surface area (TPSA) is 29.9 Å². The van der Waals surface area contributed by atoms with Crippen molar-refractivity contribution in [3.05, 3.63) is 18.0 Å². The molecule has 104 valence electrons. The molecule has 3 heteroatoms. The van der Waals surface area contributed by atoms with E-state index in [0.29, 0.717) is 17.4 Å². The smallest absolute Gasteiger partial charge is 0.0628 e. The Kier molecular flexibility index (Phi) is 5.39.